The van der Waals surface area contributed by atoms with Crippen LogP contribution in [0.2, 0.25) is 0 Å². The summed E-state index contributed by atoms with van der Waals surface area (Å²) in [7, 11) is 0. The van der Waals surface area contributed by atoms with Crippen LogP contribution in [-0.2, 0) is 0 Å². The molecule has 6 heteroatoms. The Hall–Kier alpha value is -2.31. The molecule has 110 valence electrons. The van der Waals surface area contributed by atoms with Crippen molar-refractivity contribution in [1.29, 1.82) is 0 Å². The highest BCUT2D eigenvalue weighted by Gasteiger charge is 2.17. The van der Waals surface area contributed by atoms with Crippen LogP contribution in [0.3, 0.4) is 0 Å². The molecule has 0 saturated heterocycles. The lowest BCUT2D eigenvalue weighted by Crippen LogP contribution is -1.85. The van der Waals surface area contributed by atoms with Gasteiger partial charge in [-0.15, -0.1) is 22.7 Å². The van der Waals surface area contributed by atoms with Gasteiger partial charge in [0.1, 0.15) is 4.88 Å². The number of benzene rings is 1. The first kappa shape index (κ1) is 14.6. The van der Waals surface area contributed by atoms with Crippen LogP contribution in [0.25, 0.3) is 9.75 Å². The van der Waals surface area contributed by atoms with Crippen molar-refractivity contribution in [3.63, 3.8) is 0 Å². The summed E-state index contributed by atoms with van der Waals surface area (Å²) < 4.78 is 0. The van der Waals surface area contributed by atoms with E-state index in [1.165, 1.54) is 22.7 Å². The van der Waals surface area contributed by atoms with Gasteiger partial charge in [-0.3, -0.25) is 15.1 Å². The molecule has 22 heavy (non-hydrogen) atoms. The van der Waals surface area contributed by atoms with Gasteiger partial charge in [-0.2, -0.15) is 0 Å². The first-order valence-corrected chi connectivity index (χ1v) is 8.26. The first-order chi connectivity index (χ1) is 10.6. The maximum atomic E-state index is 11.0. The molecule has 0 unspecified atom stereocenters. The zero-order valence-electron chi connectivity index (χ0n) is 11.7. The molecule has 3 aromatic rings. The van der Waals surface area contributed by atoms with Crippen LogP contribution < -0.4 is 0 Å². The third-order valence-corrected chi connectivity index (χ3v) is 5.14. The molecule has 0 atom stereocenters. The van der Waals surface area contributed by atoms with Gasteiger partial charge in [0.15, 0.2) is 0 Å². The Balaban J connectivity index is 1.85. The van der Waals surface area contributed by atoms with Crippen molar-refractivity contribution in [2.75, 3.05) is 0 Å². The van der Waals surface area contributed by atoms with Crippen molar-refractivity contribution in [3.8, 4) is 9.75 Å². The maximum absolute atomic E-state index is 11.0. The zero-order chi connectivity index (χ0) is 15.5. The van der Waals surface area contributed by atoms with Crippen molar-refractivity contribution in [2.45, 2.75) is 6.92 Å². The number of rotatable bonds is 4. The normalized spacial score (nSPS) is 11.1. The van der Waals surface area contributed by atoms with Crippen molar-refractivity contribution in [3.05, 3.63) is 68.4 Å². The van der Waals surface area contributed by atoms with Crippen LogP contribution in [0.4, 0.5) is 11.4 Å². The molecule has 0 aliphatic heterocycles. The summed E-state index contributed by atoms with van der Waals surface area (Å²) >= 11 is 2.89. The number of aryl methyl sites for hydroxylation is 1. The lowest BCUT2D eigenvalue weighted by molar-refractivity contribution is -0.383. The molecule has 3 rings (SSSR count). The van der Waals surface area contributed by atoms with Gasteiger partial charge in [0, 0.05) is 17.2 Å². The largest absolute Gasteiger partial charge is 0.288 e. The summed E-state index contributed by atoms with van der Waals surface area (Å²) in [5.74, 6) is 0. The highest BCUT2D eigenvalue weighted by molar-refractivity contribution is 7.22. The summed E-state index contributed by atoms with van der Waals surface area (Å²) in [6.07, 6.45) is 1.79. The summed E-state index contributed by atoms with van der Waals surface area (Å²) in [6.45, 7) is 2.03. The molecule has 0 bridgehead atoms. The van der Waals surface area contributed by atoms with Crippen LogP contribution >= 0.6 is 22.7 Å². The van der Waals surface area contributed by atoms with E-state index < -0.39 is 0 Å². The topological polar surface area (TPSA) is 55.5 Å². The van der Waals surface area contributed by atoms with E-state index in [0.717, 1.165) is 21.0 Å². The van der Waals surface area contributed by atoms with E-state index in [1.807, 2.05) is 43.3 Å². The lowest BCUT2D eigenvalue weighted by Gasteiger charge is -1.94. The number of thiophene rings is 2. The van der Waals surface area contributed by atoms with E-state index in [0.29, 0.717) is 4.88 Å². The second kappa shape index (κ2) is 6.21. The number of aliphatic imine (C=N–C) groups is 1. The molecule has 2 aromatic heterocycles. The Morgan fingerprint density at radius 3 is 2.86 bits per heavy atom. The van der Waals surface area contributed by atoms with Crippen LogP contribution in [0, 0.1) is 17.0 Å². The third kappa shape index (κ3) is 3.13. The summed E-state index contributed by atoms with van der Waals surface area (Å²) in [5, 5.41) is 12.7. The molecule has 0 amide bonds. The Kier molecular flexibility index (Phi) is 4.13. The van der Waals surface area contributed by atoms with E-state index in [1.54, 1.807) is 17.7 Å². The second-order valence-electron chi connectivity index (χ2n) is 4.69. The highest BCUT2D eigenvalue weighted by Crippen LogP contribution is 2.38. The predicted molar refractivity (Wildman–Crippen MR) is 92.7 cm³/mol. The van der Waals surface area contributed by atoms with Gasteiger partial charge in [0.05, 0.1) is 15.5 Å². The predicted octanol–water partition coefficient (Wildman–Crippen LogP) is 5.44. The molecular formula is C16H12N2O2S2. The van der Waals surface area contributed by atoms with Gasteiger partial charge in [0.2, 0.25) is 0 Å². The van der Waals surface area contributed by atoms with E-state index in [9.17, 15) is 10.1 Å². The SMILES string of the molecule is Cc1cccc(N=Cc2ccc(-c3sccc3[N+](=O)[O-])s2)c1. The minimum atomic E-state index is -0.341. The molecule has 0 aliphatic carbocycles. The molecule has 0 spiro atoms. The average Bonchev–Trinajstić information content (AvgIpc) is 3.14. The fourth-order valence-corrected chi connectivity index (χ4v) is 3.90. The second-order valence-corrected chi connectivity index (χ2v) is 6.72. The smallest absolute Gasteiger partial charge is 0.258 e. The minimum Gasteiger partial charge on any atom is -0.258 e. The molecule has 0 radical (unpaired) electrons. The Labute approximate surface area is 135 Å². The van der Waals surface area contributed by atoms with Gasteiger partial charge in [-0.05, 0) is 42.1 Å². The number of hydrogen-bond acceptors (Lipinski definition) is 5. The van der Waals surface area contributed by atoms with Crippen molar-refractivity contribution < 1.29 is 4.92 Å². The molecule has 4 nitrogen and oxygen atoms in total. The van der Waals surface area contributed by atoms with Crippen LogP contribution in [-0.4, -0.2) is 11.1 Å². The van der Waals surface area contributed by atoms with Gasteiger partial charge in [-0.25, -0.2) is 0 Å². The van der Waals surface area contributed by atoms with Crippen LogP contribution in [0.1, 0.15) is 10.4 Å². The molecular weight excluding hydrogens is 316 g/mol. The number of nitro groups is 1. The van der Waals surface area contributed by atoms with Crippen molar-refractivity contribution in [2.24, 2.45) is 4.99 Å². The minimum absolute atomic E-state index is 0.161. The molecule has 2 heterocycles. The fourth-order valence-electron chi connectivity index (χ4n) is 2.02. The van der Waals surface area contributed by atoms with Gasteiger partial charge >= 0.3 is 0 Å². The van der Waals surface area contributed by atoms with Crippen LogP contribution in [0.15, 0.2) is 52.8 Å². The molecule has 0 saturated carbocycles. The lowest BCUT2D eigenvalue weighted by atomic mass is 10.2. The fraction of sp³-hybridized carbons (Fsp3) is 0.0625. The Morgan fingerprint density at radius 2 is 2.09 bits per heavy atom. The summed E-state index contributed by atoms with van der Waals surface area (Å²) in [6, 6.07) is 13.3. The first-order valence-electron chi connectivity index (χ1n) is 6.56. The van der Waals surface area contributed by atoms with Gasteiger partial charge in [-0.1, -0.05) is 12.1 Å². The summed E-state index contributed by atoms with van der Waals surface area (Å²) in [4.78, 5) is 17.7. The number of hydrogen-bond donors (Lipinski definition) is 0. The van der Waals surface area contributed by atoms with Crippen LogP contribution in [0.5, 0.6) is 0 Å². The number of nitrogens with zero attached hydrogens (tertiary/aromatic N) is 2. The molecule has 0 N–H and O–H groups in total. The molecule has 0 aliphatic rings. The average molecular weight is 328 g/mol. The quantitative estimate of drug-likeness (QED) is 0.363. The van der Waals surface area contributed by atoms with E-state index in [4.69, 9.17) is 0 Å². The summed E-state index contributed by atoms with van der Waals surface area (Å²) in [5.41, 5.74) is 2.22. The van der Waals surface area contributed by atoms with E-state index in [-0.39, 0.29) is 10.6 Å². The Bertz CT molecular complexity index is 849. The van der Waals surface area contributed by atoms with Crippen molar-refractivity contribution >= 4 is 40.3 Å². The Morgan fingerprint density at radius 1 is 1.23 bits per heavy atom. The standard InChI is InChI=1S/C16H12N2O2S2/c1-11-3-2-4-12(9-11)17-10-13-5-6-15(22-13)16-14(18(19)20)7-8-21-16/h2-10H,1H3. The monoisotopic (exact) mass is 328 g/mol. The van der Waals surface area contributed by atoms with E-state index >= 15 is 0 Å². The highest BCUT2D eigenvalue weighted by atomic mass is 32.1. The van der Waals surface area contributed by atoms with Gasteiger partial charge in [0.25, 0.3) is 5.69 Å². The molecule has 0 fully saturated rings. The van der Waals surface area contributed by atoms with E-state index in [2.05, 4.69) is 4.99 Å². The third-order valence-electron chi connectivity index (χ3n) is 3.03. The van der Waals surface area contributed by atoms with Gasteiger partial charge < -0.3 is 0 Å². The molecule has 1 aromatic carbocycles. The zero-order valence-corrected chi connectivity index (χ0v) is 13.4. The van der Waals surface area contributed by atoms with Crippen molar-refractivity contribution in [1.82, 2.24) is 0 Å². The maximum Gasteiger partial charge on any atom is 0.288 e.